The summed E-state index contributed by atoms with van der Waals surface area (Å²) in [5.74, 6) is 0. The minimum absolute atomic E-state index is 0.190. The Labute approximate surface area is 137 Å². The first-order chi connectivity index (χ1) is 10.8. The highest BCUT2D eigenvalue weighted by Crippen LogP contribution is 2.35. The molecule has 2 rings (SSSR count). The van der Waals surface area contributed by atoms with Crippen LogP contribution >= 0.6 is 0 Å². The first kappa shape index (κ1) is 18.5. The van der Waals surface area contributed by atoms with Gasteiger partial charge in [-0.2, -0.15) is 25.9 Å². The highest BCUT2D eigenvalue weighted by atomic mass is 32.2. The highest BCUT2D eigenvalue weighted by molar-refractivity contribution is 7.85. The molecule has 1 amide bonds. The third-order valence-electron chi connectivity index (χ3n) is 3.10. The number of nitrogens with zero attached hydrogens (tertiary/aromatic N) is 1. The van der Waals surface area contributed by atoms with Gasteiger partial charge < -0.3 is 4.74 Å². The second kappa shape index (κ2) is 5.92. The molecule has 1 heterocycles. The molecule has 0 spiro atoms. The van der Waals surface area contributed by atoms with Crippen LogP contribution in [0, 0.1) is 0 Å². The molecule has 0 bridgehead atoms. The smallest absolute Gasteiger partial charge is 0.426 e. The fourth-order valence-corrected chi connectivity index (χ4v) is 3.21. The molecule has 1 aromatic carbocycles. The Bertz CT molecular complexity index is 722. The molecule has 1 aromatic rings. The van der Waals surface area contributed by atoms with E-state index in [1.54, 1.807) is 20.8 Å². The zero-order valence-corrected chi connectivity index (χ0v) is 13.9. The van der Waals surface area contributed by atoms with E-state index in [0.29, 0.717) is 4.31 Å². The molecule has 0 saturated carbocycles. The Kier molecular flexibility index (Phi) is 4.57. The summed E-state index contributed by atoms with van der Waals surface area (Å²) >= 11 is 0. The summed E-state index contributed by atoms with van der Waals surface area (Å²) in [6, 6.07) is 2.75. The fourth-order valence-electron chi connectivity index (χ4n) is 2.08. The van der Waals surface area contributed by atoms with Gasteiger partial charge in [-0.1, -0.05) is 12.1 Å². The molecule has 0 radical (unpaired) electrons. The molecular weight excluding hydrogens is 351 g/mol. The predicted molar refractivity (Wildman–Crippen MR) is 77.1 cm³/mol. The van der Waals surface area contributed by atoms with Crippen molar-refractivity contribution in [3.8, 4) is 0 Å². The van der Waals surface area contributed by atoms with Gasteiger partial charge in [-0.3, -0.25) is 4.18 Å². The minimum Gasteiger partial charge on any atom is -0.443 e. The molecule has 1 unspecified atom stereocenters. The van der Waals surface area contributed by atoms with Gasteiger partial charge in [0.15, 0.2) is 0 Å². The Morgan fingerprint density at radius 3 is 2.21 bits per heavy atom. The minimum atomic E-state index is -4.51. The summed E-state index contributed by atoms with van der Waals surface area (Å²) in [6.45, 7) is 4.28. The number of amides is 1. The summed E-state index contributed by atoms with van der Waals surface area (Å²) in [5.41, 5.74) is -1.63. The van der Waals surface area contributed by atoms with E-state index >= 15 is 0 Å². The van der Waals surface area contributed by atoms with Crippen LogP contribution in [0.4, 0.5) is 18.0 Å². The highest BCUT2D eigenvalue weighted by Gasteiger charge is 2.45. The van der Waals surface area contributed by atoms with Crippen molar-refractivity contribution >= 4 is 16.4 Å². The lowest BCUT2D eigenvalue weighted by atomic mass is 10.1. The molecule has 0 aliphatic carbocycles. The first-order valence-corrected chi connectivity index (χ1v) is 8.27. The fraction of sp³-hybridized carbons (Fsp3) is 0.500. The number of hydrogen-bond donors (Lipinski definition) is 0. The molecule has 1 aliphatic heterocycles. The zero-order valence-electron chi connectivity index (χ0n) is 13.1. The van der Waals surface area contributed by atoms with Crippen molar-refractivity contribution in [2.75, 3.05) is 6.61 Å². The number of carbonyl (C=O) groups excluding carboxylic acids is 1. The largest absolute Gasteiger partial charge is 0.443 e. The van der Waals surface area contributed by atoms with E-state index in [-0.39, 0.29) is 5.56 Å². The Balaban J connectivity index is 2.33. The van der Waals surface area contributed by atoms with Gasteiger partial charge in [0.2, 0.25) is 0 Å². The van der Waals surface area contributed by atoms with E-state index in [4.69, 9.17) is 4.74 Å². The van der Waals surface area contributed by atoms with Gasteiger partial charge in [-0.15, -0.1) is 0 Å². The van der Waals surface area contributed by atoms with Gasteiger partial charge >= 0.3 is 22.6 Å². The average molecular weight is 367 g/mol. The molecule has 0 aromatic heterocycles. The van der Waals surface area contributed by atoms with Gasteiger partial charge in [0.05, 0.1) is 12.2 Å². The van der Waals surface area contributed by atoms with Crippen LogP contribution < -0.4 is 0 Å². The number of halogens is 3. The molecular formula is C14H16F3NO5S. The average Bonchev–Trinajstić information content (AvgIpc) is 2.71. The third-order valence-corrected chi connectivity index (χ3v) is 4.41. The number of rotatable bonds is 1. The summed E-state index contributed by atoms with van der Waals surface area (Å²) in [5, 5.41) is 0. The first-order valence-electron chi connectivity index (χ1n) is 6.90. The summed E-state index contributed by atoms with van der Waals surface area (Å²) in [4.78, 5) is 12.2. The van der Waals surface area contributed by atoms with Crippen LogP contribution in [0.15, 0.2) is 24.3 Å². The molecule has 6 nitrogen and oxygen atoms in total. The van der Waals surface area contributed by atoms with E-state index in [0.717, 1.165) is 24.3 Å². The van der Waals surface area contributed by atoms with Crippen LogP contribution in [0.25, 0.3) is 0 Å². The molecule has 10 heteroatoms. The third kappa shape index (κ3) is 3.99. The van der Waals surface area contributed by atoms with Crippen LogP contribution in [-0.4, -0.2) is 31.0 Å². The van der Waals surface area contributed by atoms with Crippen LogP contribution in [0.1, 0.15) is 37.9 Å². The maximum Gasteiger partial charge on any atom is 0.426 e. The monoisotopic (exact) mass is 367 g/mol. The van der Waals surface area contributed by atoms with E-state index in [2.05, 4.69) is 4.18 Å². The maximum atomic E-state index is 12.6. The summed E-state index contributed by atoms with van der Waals surface area (Å²) in [6.07, 6.45) is -5.66. The van der Waals surface area contributed by atoms with E-state index in [1.807, 2.05) is 0 Å². The molecule has 134 valence electrons. The lowest BCUT2D eigenvalue weighted by Gasteiger charge is -2.26. The predicted octanol–water partition coefficient (Wildman–Crippen LogP) is 3.26. The van der Waals surface area contributed by atoms with Crippen molar-refractivity contribution < 1.29 is 35.3 Å². The lowest BCUT2D eigenvalue weighted by Crippen LogP contribution is -2.39. The standard InChI is InChI=1S/C14H16F3NO5S/c1-13(2,3)23-12(19)18-11(8-22-24(18,20)21)9-4-6-10(7-5-9)14(15,16)17/h4-7,11H,8H2,1-3H3. The SMILES string of the molecule is CC(C)(C)OC(=O)N1C(c2ccc(C(F)(F)F)cc2)COS1(=O)=O. The van der Waals surface area contributed by atoms with Gasteiger partial charge in [-0.25, -0.2) is 4.79 Å². The van der Waals surface area contributed by atoms with Crippen molar-refractivity contribution in [2.24, 2.45) is 0 Å². The van der Waals surface area contributed by atoms with E-state index < -0.39 is 46.4 Å². The molecule has 1 aliphatic rings. The van der Waals surface area contributed by atoms with E-state index in [9.17, 15) is 26.4 Å². The molecule has 0 N–H and O–H groups in total. The van der Waals surface area contributed by atoms with Crippen molar-refractivity contribution in [1.82, 2.24) is 4.31 Å². The van der Waals surface area contributed by atoms with Crippen LogP contribution in [0.3, 0.4) is 0 Å². The molecule has 1 saturated heterocycles. The Morgan fingerprint density at radius 2 is 1.75 bits per heavy atom. The lowest BCUT2D eigenvalue weighted by molar-refractivity contribution is -0.137. The molecule has 24 heavy (non-hydrogen) atoms. The Hall–Kier alpha value is -1.81. The number of hydrogen-bond acceptors (Lipinski definition) is 5. The number of ether oxygens (including phenoxy) is 1. The van der Waals surface area contributed by atoms with Crippen molar-refractivity contribution in [2.45, 2.75) is 38.6 Å². The van der Waals surface area contributed by atoms with Gasteiger partial charge in [0.1, 0.15) is 11.6 Å². The Morgan fingerprint density at radius 1 is 1.21 bits per heavy atom. The van der Waals surface area contributed by atoms with Crippen LogP contribution in [0.5, 0.6) is 0 Å². The second-order valence-electron chi connectivity index (χ2n) is 6.15. The van der Waals surface area contributed by atoms with E-state index in [1.165, 1.54) is 0 Å². The van der Waals surface area contributed by atoms with Crippen LogP contribution in [0.2, 0.25) is 0 Å². The summed E-state index contributed by atoms with van der Waals surface area (Å²) < 4.78 is 71.7. The maximum absolute atomic E-state index is 12.6. The molecule has 1 fully saturated rings. The molecule has 1 atom stereocenters. The quantitative estimate of drug-likeness (QED) is 0.762. The van der Waals surface area contributed by atoms with Gasteiger partial charge in [0.25, 0.3) is 0 Å². The number of benzene rings is 1. The van der Waals surface area contributed by atoms with Gasteiger partial charge in [0, 0.05) is 0 Å². The van der Waals surface area contributed by atoms with Crippen LogP contribution in [-0.2, 0) is 25.4 Å². The van der Waals surface area contributed by atoms with Gasteiger partial charge in [-0.05, 0) is 38.5 Å². The van der Waals surface area contributed by atoms with Crippen molar-refractivity contribution in [1.29, 1.82) is 0 Å². The zero-order chi connectivity index (χ0) is 18.3. The number of alkyl halides is 3. The second-order valence-corrected chi connectivity index (χ2v) is 7.64. The van der Waals surface area contributed by atoms with Crippen molar-refractivity contribution in [3.05, 3.63) is 35.4 Å². The summed E-state index contributed by atoms with van der Waals surface area (Å²) in [7, 11) is -4.36. The number of carbonyl (C=O) groups is 1. The normalized spacial score (nSPS) is 20.9. The van der Waals surface area contributed by atoms with Crippen molar-refractivity contribution in [3.63, 3.8) is 0 Å². The topological polar surface area (TPSA) is 72.9 Å².